The Morgan fingerprint density at radius 1 is 1.09 bits per heavy atom. The first kappa shape index (κ1) is 24.7. The van der Waals surface area contributed by atoms with Gasteiger partial charge < -0.3 is 10.6 Å². The number of hydrogen-bond acceptors (Lipinski definition) is 6. The van der Waals surface area contributed by atoms with Gasteiger partial charge in [-0.15, -0.1) is 0 Å². The highest BCUT2D eigenvalue weighted by atomic mass is 32.2. The van der Waals surface area contributed by atoms with Gasteiger partial charge in [-0.05, 0) is 81.0 Å². The molecule has 1 saturated heterocycles. The molecule has 1 unspecified atom stereocenters. The van der Waals surface area contributed by atoms with Crippen LogP contribution in [0.5, 0.6) is 0 Å². The Balaban J connectivity index is 1.63. The lowest BCUT2D eigenvalue weighted by molar-refractivity contribution is 0.0707. The van der Waals surface area contributed by atoms with E-state index in [4.69, 9.17) is 5.73 Å². The molecule has 0 aliphatic carbocycles. The fraction of sp³-hybridized carbons (Fsp3) is 0.346. The summed E-state index contributed by atoms with van der Waals surface area (Å²) in [5.41, 5.74) is 10.4. The number of anilines is 2. The van der Waals surface area contributed by atoms with Gasteiger partial charge in [-0.1, -0.05) is 18.2 Å². The third kappa shape index (κ3) is 5.00. The van der Waals surface area contributed by atoms with E-state index in [0.29, 0.717) is 29.8 Å². The van der Waals surface area contributed by atoms with Gasteiger partial charge in [-0.2, -0.15) is 0 Å². The SMILES string of the molecule is Cc1cc(C)c(C)c(S(=O)(=O)Nc2ccccc2C(=O)N2CCCC(c3ccnc(N)n3)C2)c1C. The standard InChI is InChI=1S/C26H31N5O3S/c1-16-14-17(2)19(4)24(18(16)3)35(33,34)30-23-10-6-5-9-21(23)25(32)31-13-7-8-20(15-31)22-11-12-28-26(27)29-22/h5-6,9-12,14,20,30H,7-8,13,15H2,1-4H3,(H2,27,28,29). The van der Waals surface area contributed by atoms with Crippen LogP contribution in [-0.4, -0.2) is 42.3 Å². The van der Waals surface area contributed by atoms with Crippen LogP contribution >= 0.6 is 0 Å². The van der Waals surface area contributed by atoms with E-state index in [1.807, 2.05) is 26.0 Å². The summed E-state index contributed by atoms with van der Waals surface area (Å²) in [6, 6.07) is 10.6. The van der Waals surface area contributed by atoms with E-state index in [1.165, 1.54) is 0 Å². The second kappa shape index (κ2) is 9.65. The topological polar surface area (TPSA) is 118 Å². The number of nitrogens with two attached hydrogens (primary N) is 1. The predicted molar refractivity (Wildman–Crippen MR) is 137 cm³/mol. The maximum Gasteiger partial charge on any atom is 0.262 e. The second-order valence-electron chi connectivity index (χ2n) is 9.17. The first-order valence-corrected chi connectivity index (χ1v) is 13.1. The molecule has 9 heteroatoms. The molecule has 4 rings (SSSR count). The molecule has 0 saturated carbocycles. The van der Waals surface area contributed by atoms with Gasteiger partial charge >= 0.3 is 0 Å². The van der Waals surface area contributed by atoms with Crippen LogP contribution in [0.25, 0.3) is 0 Å². The van der Waals surface area contributed by atoms with Gasteiger partial charge in [0.05, 0.1) is 21.8 Å². The Morgan fingerprint density at radius 2 is 1.77 bits per heavy atom. The molecule has 8 nitrogen and oxygen atoms in total. The van der Waals surface area contributed by atoms with Crippen molar-refractivity contribution in [1.29, 1.82) is 0 Å². The Labute approximate surface area is 206 Å². The van der Waals surface area contributed by atoms with Crippen molar-refractivity contribution in [2.75, 3.05) is 23.5 Å². The van der Waals surface area contributed by atoms with Crippen LogP contribution in [0.4, 0.5) is 11.6 Å². The molecule has 0 radical (unpaired) electrons. The Hall–Kier alpha value is -3.46. The van der Waals surface area contributed by atoms with Crippen molar-refractivity contribution >= 4 is 27.6 Å². The lowest BCUT2D eigenvalue weighted by Crippen LogP contribution is -2.39. The number of carbonyl (C=O) groups is 1. The monoisotopic (exact) mass is 493 g/mol. The smallest absolute Gasteiger partial charge is 0.262 e. The number of benzene rings is 2. The molecule has 0 bridgehead atoms. The number of para-hydroxylation sites is 1. The molecule has 2 aromatic carbocycles. The van der Waals surface area contributed by atoms with E-state index in [-0.39, 0.29) is 28.4 Å². The van der Waals surface area contributed by atoms with E-state index in [0.717, 1.165) is 29.7 Å². The third-order valence-corrected chi connectivity index (χ3v) is 8.43. The molecular weight excluding hydrogens is 462 g/mol. The molecule has 35 heavy (non-hydrogen) atoms. The molecule has 0 spiro atoms. The number of sulfonamides is 1. The fourth-order valence-corrected chi connectivity index (χ4v) is 6.43. The fourth-order valence-electron chi connectivity index (χ4n) is 4.73. The first-order chi connectivity index (χ1) is 16.6. The quantitative estimate of drug-likeness (QED) is 0.552. The largest absolute Gasteiger partial charge is 0.368 e. The number of rotatable bonds is 5. The van der Waals surface area contributed by atoms with Crippen LogP contribution in [0.2, 0.25) is 0 Å². The minimum absolute atomic E-state index is 0.0439. The van der Waals surface area contributed by atoms with Crippen molar-refractivity contribution in [3.63, 3.8) is 0 Å². The highest BCUT2D eigenvalue weighted by Crippen LogP contribution is 2.31. The second-order valence-corrected chi connectivity index (χ2v) is 10.8. The number of piperidine rings is 1. The van der Waals surface area contributed by atoms with Crippen LogP contribution in [0, 0.1) is 27.7 Å². The Morgan fingerprint density at radius 3 is 2.46 bits per heavy atom. The molecule has 184 valence electrons. The lowest BCUT2D eigenvalue weighted by Gasteiger charge is -2.33. The van der Waals surface area contributed by atoms with Crippen molar-refractivity contribution in [2.45, 2.75) is 51.3 Å². The van der Waals surface area contributed by atoms with Gasteiger partial charge in [-0.3, -0.25) is 9.52 Å². The summed E-state index contributed by atoms with van der Waals surface area (Å²) in [7, 11) is -3.92. The average Bonchev–Trinajstić information content (AvgIpc) is 2.82. The van der Waals surface area contributed by atoms with Crippen LogP contribution in [0.3, 0.4) is 0 Å². The highest BCUT2D eigenvalue weighted by molar-refractivity contribution is 7.92. The summed E-state index contributed by atoms with van der Waals surface area (Å²) in [6.45, 7) is 8.48. The third-order valence-electron chi connectivity index (χ3n) is 6.79. The molecule has 1 fully saturated rings. The van der Waals surface area contributed by atoms with Crippen molar-refractivity contribution in [3.05, 3.63) is 76.1 Å². The maximum absolute atomic E-state index is 13.6. The van der Waals surface area contributed by atoms with E-state index in [2.05, 4.69) is 14.7 Å². The average molecular weight is 494 g/mol. The summed E-state index contributed by atoms with van der Waals surface area (Å²) >= 11 is 0. The number of nitrogen functional groups attached to an aromatic ring is 1. The van der Waals surface area contributed by atoms with Gasteiger partial charge in [0.2, 0.25) is 5.95 Å². The number of amides is 1. The number of hydrogen-bond donors (Lipinski definition) is 2. The zero-order chi connectivity index (χ0) is 25.3. The molecular formula is C26H31N5O3S. The summed E-state index contributed by atoms with van der Waals surface area (Å²) in [6.07, 6.45) is 3.33. The zero-order valence-corrected chi connectivity index (χ0v) is 21.3. The number of aryl methyl sites for hydroxylation is 2. The van der Waals surface area contributed by atoms with Crippen LogP contribution in [-0.2, 0) is 10.0 Å². The minimum Gasteiger partial charge on any atom is -0.368 e. The van der Waals surface area contributed by atoms with Crippen LogP contribution in [0.1, 0.15) is 57.1 Å². The Bertz CT molecular complexity index is 1360. The molecule has 1 aliphatic rings. The van der Waals surface area contributed by atoms with E-state index in [9.17, 15) is 13.2 Å². The van der Waals surface area contributed by atoms with E-state index in [1.54, 1.807) is 49.2 Å². The molecule has 1 aromatic heterocycles. The van der Waals surface area contributed by atoms with Crippen molar-refractivity contribution in [2.24, 2.45) is 0 Å². The molecule has 1 atom stereocenters. The van der Waals surface area contributed by atoms with Crippen LogP contribution in [0.15, 0.2) is 47.5 Å². The first-order valence-electron chi connectivity index (χ1n) is 11.7. The molecule has 1 aliphatic heterocycles. The molecule has 3 aromatic rings. The number of likely N-dealkylation sites (tertiary alicyclic amines) is 1. The normalized spacial score (nSPS) is 16.2. The van der Waals surface area contributed by atoms with Gasteiger partial charge in [0, 0.05) is 25.2 Å². The summed E-state index contributed by atoms with van der Waals surface area (Å²) < 4.78 is 29.7. The Kier molecular flexibility index (Phi) is 6.80. The zero-order valence-electron chi connectivity index (χ0n) is 20.5. The molecule has 2 heterocycles. The van der Waals surface area contributed by atoms with Crippen molar-refractivity contribution < 1.29 is 13.2 Å². The van der Waals surface area contributed by atoms with Crippen molar-refractivity contribution in [1.82, 2.24) is 14.9 Å². The number of carbonyl (C=O) groups excluding carboxylic acids is 1. The van der Waals surface area contributed by atoms with Gasteiger partial charge in [-0.25, -0.2) is 18.4 Å². The van der Waals surface area contributed by atoms with Crippen molar-refractivity contribution in [3.8, 4) is 0 Å². The van der Waals surface area contributed by atoms with Gasteiger partial charge in [0.1, 0.15) is 0 Å². The summed E-state index contributed by atoms with van der Waals surface area (Å²) in [4.78, 5) is 23.9. The number of aromatic nitrogens is 2. The van der Waals surface area contributed by atoms with E-state index >= 15 is 0 Å². The molecule has 3 N–H and O–H groups in total. The number of nitrogens with zero attached hydrogens (tertiary/aromatic N) is 3. The molecule has 1 amide bonds. The lowest BCUT2D eigenvalue weighted by atomic mass is 9.94. The summed E-state index contributed by atoms with van der Waals surface area (Å²) in [5.74, 6) is 0.0361. The van der Waals surface area contributed by atoms with E-state index < -0.39 is 10.0 Å². The van der Waals surface area contributed by atoms with Crippen LogP contribution < -0.4 is 10.5 Å². The van der Waals surface area contributed by atoms with Gasteiger partial charge in [0.25, 0.3) is 15.9 Å². The minimum atomic E-state index is -3.92. The van der Waals surface area contributed by atoms with Gasteiger partial charge in [0.15, 0.2) is 0 Å². The highest BCUT2D eigenvalue weighted by Gasteiger charge is 2.29. The maximum atomic E-state index is 13.6. The number of nitrogens with one attached hydrogen (secondary N) is 1. The predicted octanol–water partition coefficient (Wildman–Crippen LogP) is 4.11. The summed E-state index contributed by atoms with van der Waals surface area (Å²) in [5, 5.41) is 0.